The highest BCUT2D eigenvalue weighted by Crippen LogP contribution is 2.30. The number of para-hydroxylation sites is 1. The second-order valence-electron chi connectivity index (χ2n) is 6.14. The van der Waals surface area contributed by atoms with E-state index >= 15 is 0 Å². The number of benzene rings is 2. The molecular weight excluding hydrogens is 428 g/mol. The Morgan fingerprint density at radius 3 is 2.74 bits per heavy atom. The summed E-state index contributed by atoms with van der Waals surface area (Å²) in [5, 5.41) is 1.29. The van der Waals surface area contributed by atoms with Gasteiger partial charge in [0.15, 0.2) is 5.16 Å². The second kappa shape index (κ2) is 8.91. The SMILES string of the molecule is COC[C@@H](C)n1c(SCc2cc(Br)ccc2OC)nc2ccccc2c1=O. The molecule has 5 nitrogen and oxygen atoms in total. The van der Waals surface area contributed by atoms with E-state index in [4.69, 9.17) is 14.5 Å². The van der Waals surface area contributed by atoms with E-state index < -0.39 is 0 Å². The van der Waals surface area contributed by atoms with Crippen LogP contribution in [0.5, 0.6) is 5.75 Å². The van der Waals surface area contributed by atoms with Gasteiger partial charge >= 0.3 is 0 Å². The van der Waals surface area contributed by atoms with Crippen molar-refractivity contribution in [1.29, 1.82) is 0 Å². The lowest BCUT2D eigenvalue weighted by Crippen LogP contribution is -2.28. The molecule has 0 aliphatic rings. The summed E-state index contributed by atoms with van der Waals surface area (Å²) in [4.78, 5) is 17.8. The minimum atomic E-state index is -0.119. The Hall–Kier alpha value is -1.83. The summed E-state index contributed by atoms with van der Waals surface area (Å²) in [7, 11) is 3.29. The van der Waals surface area contributed by atoms with E-state index in [0.29, 0.717) is 28.4 Å². The van der Waals surface area contributed by atoms with Gasteiger partial charge < -0.3 is 9.47 Å². The van der Waals surface area contributed by atoms with Crippen LogP contribution in [0.3, 0.4) is 0 Å². The normalized spacial score (nSPS) is 12.3. The number of hydrogen-bond acceptors (Lipinski definition) is 5. The average Bonchev–Trinajstić information content (AvgIpc) is 2.66. The maximum atomic E-state index is 13.1. The minimum Gasteiger partial charge on any atom is -0.496 e. The number of halogens is 1. The van der Waals surface area contributed by atoms with Gasteiger partial charge in [0, 0.05) is 22.9 Å². The van der Waals surface area contributed by atoms with Crippen LogP contribution in [0.15, 0.2) is 56.9 Å². The zero-order valence-electron chi connectivity index (χ0n) is 15.4. The van der Waals surface area contributed by atoms with E-state index in [1.807, 2.05) is 49.4 Å². The van der Waals surface area contributed by atoms with Gasteiger partial charge in [-0.15, -0.1) is 0 Å². The summed E-state index contributed by atoms with van der Waals surface area (Å²) in [5.41, 5.74) is 1.69. The van der Waals surface area contributed by atoms with Crippen LogP contribution in [-0.4, -0.2) is 30.4 Å². The Morgan fingerprint density at radius 1 is 1.22 bits per heavy atom. The predicted molar refractivity (Wildman–Crippen MR) is 113 cm³/mol. The number of rotatable bonds is 7. The fraction of sp³-hybridized carbons (Fsp3) is 0.300. The molecule has 0 unspecified atom stereocenters. The van der Waals surface area contributed by atoms with Crippen molar-refractivity contribution < 1.29 is 9.47 Å². The summed E-state index contributed by atoms with van der Waals surface area (Å²) < 4.78 is 13.4. The van der Waals surface area contributed by atoms with Gasteiger partial charge in [0.2, 0.25) is 0 Å². The Kier molecular flexibility index (Phi) is 6.57. The van der Waals surface area contributed by atoms with Crippen molar-refractivity contribution in [2.24, 2.45) is 0 Å². The molecule has 0 amide bonds. The number of aromatic nitrogens is 2. The molecule has 0 fully saturated rings. The molecule has 0 spiro atoms. The summed E-state index contributed by atoms with van der Waals surface area (Å²) in [5.74, 6) is 1.44. The molecule has 142 valence electrons. The van der Waals surface area contributed by atoms with Crippen LogP contribution in [0, 0.1) is 0 Å². The maximum absolute atomic E-state index is 13.1. The molecule has 0 aliphatic carbocycles. The molecule has 0 radical (unpaired) electrons. The fourth-order valence-electron chi connectivity index (χ4n) is 2.93. The summed E-state index contributed by atoms with van der Waals surface area (Å²) >= 11 is 5.02. The van der Waals surface area contributed by atoms with E-state index in [2.05, 4.69) is 15.9 Å². The third kappa shape index (κ3) is 4.36. The third-order valence-electron chi connectivity index (χ3n) is 4.22. The molecule has 0 bridgehead atoms. The molecule has 7 heteroatoms. The number of nitrogens with zero attached hydrogens (tertiary/aromatic N) is 2. The molecule has 3 rings (SSSR count). The average molecular weight is 449 g/mol. The van der Waals surface area contributed by atoms with Gasteiger partial charge in [0.05, 0.1) is 30.7 Å². The fourth-order valence-corrected chi connectivity index (χ4v) is 4.42. The lowest BCUT2D eigenvalue weighted by molar-refractivity contribution is 0.156. The summed E-state index contributed by atoms with van der Waals surface area (Å²) in [6.07, 6.45) is 0. The molecule has 1 heterocycles. The van der Waals surface area contributed by atoms with Crippen LogP contribution in [0.4, 0.5) is 0 Å². The van der Waals surface area contributed by atoms with Crippen molar-refractivity contribution in [2.75, 3.05) is 20.8 Å². The van der Waals surface area contributed by atoms with E-state index in [1.54, 1.807) is 18.8 Å². The first-order valence-electron chi connectivity index (χ1n) is 8.50. The number of methoxy groups -OCH3 is 2. The molecule has 0 saturated carbocycles. The molecule has 2 aromatic carbocycles. The van der Waals surface area contributed by atoms with Crippen LogP contribution < -0.4 is 10.3 Å². The predicted octanol–water partition coefficient (Wildman–Crippen LogP) is 4.67. The monoisotopic (exact) mass is 448 g/mol. The summed E-state index contributed by atoms with van der Waals surface area (Å²) in [6.45, 7) is 2.40. The number of hydrogen-bond donors (Lipinski definition) is 0. The van der Waals surface area contributed by atoms with Gasteiger partial charge in [0.1, 0.15) is 5.75 Å². The highest BCUT2D eigenvalue weighted by Gasteiger charge is 2.17. The highest BCUT2D eigenvalue weighted by molar-refractivity contribution is 9.10. The zero-order valence-corrected chi connectivity index (χ0v) is 17.8. The first-order valence-corrected chi connectivity index (χ1v) is 10.3. The molecule has 1 aromatic heterocycles. The smallest absolute Gasteiger partial charge is 0.262 e. The van der Waals surface area contributed by atoms with Crippen LogP contribution in [0.2, 0.25) is 0 Å². The van der Waals surface area contributed by atoms with Crippen LogP contribution in [0.1, 0.15) is 18.5 Å². The molecular formula is C20H21BrN2O3S. The Balaban J connectivity index is 2.03. The summed E-state index contributed by atoms with van der Waals surface area (Å²) in [6, 6.07) is 13.2. The lowest BCUT2D eigenvalue weighted by atomic mass is 10.2. The van der Waals surface area contributed by atoms with Gasteiger partial charge in [-0.25, -0.2) is 4.98 Å². The maximum Gasteiger partial charge on any atom is 0.262 e. The van der Waals surface area contributed by atoms with Crippen LogP contribution in [0.25, 0.3) is 10.9 Å². The first kappa shape index (κ1) is 19.9. The van der Waals surface area contributed by atoms with E-state index in [-0.39, 0.29) is 11.6 Å². The van der Waals surface area contributed by atoms with Crippen LogP contribution >= 0.6 is 27.7 Å². The van der Waals surface area contributed by atoms with Gasteiger partial charge in [-0.05, 0) is 37.3 Å². The van der Waals surface area contributed by atoms with Crippen molar-refractivity contribution in [1.82, 2.24) is 9.55 Å². The second-order valence-corrected chi connectivity index (χ2v) is 7.99. The molecule has 1 atom stereocenters. The first-order chi connectivity index (χ1) is 13.0. The largest absolute Gasteiger partial charge is 0.496 e. The minimum absolute atomic E-state index is 0.0474. The van der Waals surface area contributed by atoms with Gasteiger partial charge in [-0.2, -0.15) is 0 Å². The number of ether oxygens (including phenoxy) is 2. The Bertz CT molecular complexity index is 1010. The van der Waals surface area contributed by atoms with Crippen molar-refractivity contribution in [3.8, 4) is 5.75 Å². The topological polar surface area (TPSA) is 53.4 Å². The number of fused-ring (bicyclic) bond motifs is 1. The third-order valence-corrected chi connectivity index (χ3v) is 5.72. The van der Waals surface area contributed by atoms with Gasteiger partial charge in [-0.1, -0.05) is 39.8 Å². The lowest BCUT2D eigenvalue weighted by Gasteiger charge is -2.19. The van der Waals surface area contributed by atoms with Crippen LogP contribution in [-0.2, 0) is 10.5 Å². The van der Waals surface area contributed by atoms with Crippen molar-refractivity contribution >= 4 is 38.6 Å². The zero-order chi connectivity index (χ0) is 19.4. The number of thioether (sulfide) groups is 1. The molecule has 3 aromatic rings. The van der Waals surface area contributed by atoms with E-state index in [0.717, 1.165) is 15.8 Å². The van der Waals surface area contributed by atoms with Crippen molar-refractivity contribution in [2.45, 2.75) is 23.9 Å². The molecule has 0 aliphatic heterocycles. The van der Waals surface area contributed by atoms with Gasteiger partial charge in [-0.3, -0.25) is 9.36 Å². The Morgan fingerprint density at radius 2 is 2.00 bits per heavy atom. The van der Waals surface area contributed by atoms with Crippen molar-refractivity contribution in [3.63, 3.8) is 0 Å². The van der Waals surface area contributed by atoms with Gasteiger partial charge in [0.25, 0.3) is 5.56 Å². The highest BCUT2D eigenvalue weighted by atomic mass is 79.9. The van der Waals surface area contributed by atoms with E-state index in [1.165, 1.54) is 11.8 Å². The standard InChI is InChI=1S/C20H21BrN2O3S/c1-13(11-25-2)23-19(24)16-6-4-5-7-17(16)22-20(23)27-12-14-10-15(21)8-9-18(14)26-3/h4-10,13H,11-12H2,1-3H3/t13-/m1/s1. The van der Waals surface area contributed by atoms with Crippen molar-refractivity contribution in [3.05, 3.63) is 62.9 Å². The quantitative estimate of drug-likeness (QED) is 0.388. The molecule has 0 saturated heterocycles. The molecule has 27 heavy (non-hydrogen) atoms. The molecule has 0 N–H and O–H groups in total. The Labute approximate surface area is 170 Å². The van der Waals surface area contributed by atoms with E-state index in [9.17, 15) is 4.79 Å².